The summed E-state index contributed by atoms with van der Waals surface area (Å²) >= 11 is 0. The van der Waals surface area contributed by atoms with Crippen molar-refractivity contribution in [2.45, 2.75) is 32.9 Å². The van der Waals surface area contributed by atoms with Crippen molar-refractivity contribution in [1.29, 1.82) is 15.8 Å². The lowest BCUT2D eigenvalue weighted by molar-refractivity contribution is -0.155. The maximum atomic E-state index is 12.4. The molecule has 30 heavy (non-hydrogen) atoms. The molecule has 148 valence electrons. The summed E-state index contributed by atoms with van der Waals surface area (Å²) < 4.78 is 7.36. The topological polar surface area (TPSA) is 115 Å². The second-order valence-corrected chi connectivity index (χ2v) is 7.63. The number of anilines is 1. The van der Waals surface area contributed by atoms with Gasteiger partial charge in [-0.2, -0.15) is 15.8 Å². The minimum Gasteiger partial charge on any atom is -0.459 e. The van der Waals surface area contributed by atoms with E-state index in [1.54, 1.807) is 18.2 Å². The van der Waals surface area contributed by atoms with Crippen molar-refractivity contribution in [2.75, 3.05) is 5.32 Å². The normalized spacial score (nSPS) is 10.7. The molecule has 0 radical (unpaired) electrons. The number of nitrogens with zero attached hydrogens (tertiary/aromatic N) is 4. The van der Waals surface area contributed by atoms with Gasteiger partial charge in [0.2, 0.25) is 0 Å². The Labute approximate surface area is 174 Å². The van der Waals surface area contributed by atoms with Gasteiger partial charge in [-0.05, 0) is 45.0 Å². The molecule has 1 aromatic heterocycles. The smallest absolute Gasteiger partial charge is 0.326 e. The fraction of sp³-hybridized carbons (Fsp3) is 0.217. The number of fused-ring (bicyclic) bond motifs is 3. The van der Waals surface area contributed by atoms with Gasteiger partial charge in [-0.15, -0.1) is 0 Å². The summed E-state index contributed by atoms with van der Waals surface area (Å²) in [4.78, 5) is 12.4. The standard InChI is InChI=1S/C23H19N5O2/c1-23(2,3)30-22(29)14-28-20-7-5-4-6-17(20)18-10-16(8-9-21(18)28)27-19(13-26)15(11-24)12-25/h4-10,27H,14H2,1-3H3. The number of carbonyl (C=O) groups is 1. The Hall–Kier alpha value is -4.28. The average Bonchev–Trinajstić information content (AvgIpc) is 3.00. The fourth-order valence-corrected chi connectivity index (χ4v) is 3.23. The van der Waals surface area contributed by atoms with Gasteiger partial charge in [0.05, 0.1) is 0 Å². The average molecular weight is 397 g/mol. The molecular formula is C23H19N5O2. The predicted molar refractivity (Wildman–Crippen MR) is 113 cm³/mol. The molecule has 0 aliphatic carbocycles. The van der Waals surface area contributed by atoms with Crippen LogP contribution in [-0.2, 0) is 16.1 Å². The van der Waals surface area contributed by atoms with Crippen LogP contribution in [0.5, 0.6) is 0 Å². The predicted octanol–water partition coefficient (Wildman–Crippen LogP) is 4.37. The van der Waals surface area contributed by atoms with Crippen molar-refractivity contribution in [2.24, 2.45) is 0 Å². The zero-order valence-electron chi connectivity index (χ0n) is 16.9. The molecule has 0 fully saturated rings. The van der Waals surface area contributed by atoms with Gasteiger partial charge < -0.3 is 14.6 Å². The van der Waals surface area contributed by atoms with E-state index in [2.05, 4.69) is 5.32 Å². The molecule has 0 spiro atoms. The van der Waals surface area contributed by atoms with Crippen LogP contribution in [0.4, 0.5) is 5.69 Å². The van der Waals surface area contributed by atoms with E-state index < -0.39 is 5.60 Å². The van der Waals surface area contributed by atoms with Crippen molar-refractivity contribution in [3.8, 4) is 18.2 Å². The zero-order chi connectivity index (χ0) is 21.9. The maximum absolute atomic E-state index is 12.4. The lowest BCUT2D eigenvalue weighted by Crippen LogP contribution is -2.26. The number of benzene rings is 2. The molecule has 0 unspecified atom stereocenters. The molecule has 7 heteroatoms. The third-order valence-corrected chi connectivity index (χ3v) is 4.33. The largest absolute Gasteiger partial charge is 0.459 e. The van der Waals surface area contributed by atoms with Crippen LogP contribution < -0.4 is 5.32 Å². The number of aromatic nitrogens is 1. The van der Waals surface area contributed by atoms with Crippen molar-refractivity contribution in [3.63, 3.8) is 0 Å². The van der Waals surface area contributed by atoms with Crippen molar-refractivity contribution < 1.29 is 9.53 Å². The zero-order valence-corrected chi connectivity index (χ0v) is 16.9. The highest BCUT2D eigenvalue weighted by molar-refractivity contribution is 6.09. The molecule has 0 saturated carbocycles. The van der Waals surface area contributed by atoms with Crippen LogP contribution in [0, 0.1) is 34.0 Å². The molecule has 3 rings (SSSR count). The summed E-state index contributed by atoms with van der Waals surface area (Å²) in [6.07, 6.45) is 0. The van der Waals surface area contributed by atoms with E-state index in [-0.39, 0.29) is 23.8 Å². The van der Waals surface area contributed by atoms with Crippen LogP contribution in [0.25, 0.3) is 21.8 Å². The van der Waals surface area contributed by atoms with Crippen LogP contribution in [0.2, 0.25) is 0 Å². The minimum atomic E-state index is -0.577. The Morgan fingerprint density at radius 3 is 2.30 bits per heavy atom. The van der Waals surface area contributed by atoms with Gasteiger partial charge in [0.15, 0.2) is 5.57 Å². The third-order valence-electron chi connectivity index (χ3n) is 4.33. The molecule has 0 atom stereocenters. The van der Waals surface area contributed by atoms with Gasteiger partial charge in [0.25, 0.3) is 0 Å². The van der Waals surface area contributed by atoms with E-state index in [4.69, 9.17) is 15.3 Å². The van der Waals surface area contributed by atoms with Gasteiger partial charge in [0.1, 0.15) is 36.1 Å². The number of allylic oxidation sites excluding steroid dienone is 2. The number of hydrogen-bond acceptors (Lipinski definition) is 6. The number of para-hydroxylation sites is 1. The minimum absolute atomic E-state index is 0.0599. The summed E-state index contributed by atoms with van der Waals surface area (Å²) in [5.41, 5.74) is 1.28. The second-order valence-electron chi connectivity index (χ2n) is 7.63. The van der Waals surface area contributed by atoms with E-state index in [0.717, 1.165) is 21.8 Å². The van der Waals surface area contributed by atoms with Crippen molar-refractivity contribution >= 4 is 33.5 Å². The van der Waals surface area contributed by atoms with E-state index >= 15 is 0 Å². The van der Waals surface area contributed by atoms with Gasteiger partial charge in [-0.3, -0.25) is 4.79 Å². The van der Waals surface area contributed by atoms with Crippen molar-refractivity contribution in [3.05, 3.63) is 53.7 Å². The highest BCUT2D eigenvalue weighted by atomic mass is 16.6. The van der Waals surface area contributed by atoms with Crippen LogP contribution in [-0.4, -0.2) is 16.1 Å². The fourth-order valence-electron chi connectivity index (χ4n) is 3.23. The molecule has 3 aromatic rings. The van der Waals surface area contributed by atoms with E-state index in [1.807, 2.05) is 67.8 Å². The Balaban J connectivity index is 2.10. The molecule has 7 nitrogen and oxygen atoms in total. The number of rotatable bonds is 4. The number of hydrogen-bond donors (Lipinski definition) is 1. The Morgan fingerprint density at radius 1 is 1.00 bits per heavy atom. The number of nitrogens with one attached hydrogen (secondary N) is 1. The highest BCUT2D eigenvalue weighted by Crippen LogP contribution is 2.31. The Morgan fingerprint density at radius 2 is 1.67 bits per heavy atom. The number of carbonyl (C=O) groups excluding carboxylic acids is 1. The Kier molecular flexibility index (Phi) is 5.45. The highest BCUT2D eigenvalue weighted by Gasteiger charge is 2.19. The van der Waals surface area contributed by atoms with E-state index in [9.17, 15) is 10.1 Å². The van der Waals surface area contributed by atoms with E-state index in [1.165, 1.54) is 0 Å². The van der Waals surface area contributed by atoms with Crippen LogP contribution in [0.1, 0.15) is 20.8 Å². The lowest BCUT2D eigenvalue weighted by atomic mass is 10.1. The van der Waals surface area contributed by atoms with Gasteiger partial charge in [-0.25, -0.2) is 0 Å². The van der Waals surface area contributed by atoms with Gasteiger partial charge in [0, 0.05) is 27.5 Å². The first-order valence-corrected chi connectivity index (χ1v) is 9.22. The number of nitriles is 3. The van der Waals surface area contributed by atoms with Crippen LogP contribution >= 0.6 is 0 Å². The number of ether oxygens (including phenoxy) is 1. The first kappa shape index (κ1) is 20.5. The van der Waals surface area contributed by atoms with Gasteiger partial charge >= 0.3 is 5.97 Å². The summed E-state index contributed by atoms with van der Waals surface area (Å²) in [6.45, 7) is 5.54. The van der Waals surface area contributed by atoms with Crippen LogP contribution in [0.15, 0.2) is 53.7 Å². The molecule has 1 N–H and O–H groups in total. The SMILES string of the molecule is CC(C)(C)OC(=O)Cn1c2ccccc2c2cc(NC(C#N)=C(C#N)C#N)ccc21. The molecular weight excluding hydrogens is 378 g/mol. The van der Waals surface area contributed by atoms with Crippen LogP contribution in [0.3, 0.4) is 0 Å². The first-order valence-electron chi connectivity index (χ1n) is 9.22. The number of esters is 1. The third kappa shape index (κ3) is 4.09. The maximum Gasteiger partial charge on any atom is 0.326 e. The molecule has 1 heterocycles. The molecule has 0 amide bonds. The summed E-state index contributed by atoms with van der Waals surface area (Å²) in [6, 6.07) is 18.3. The second kappa shape index (κ2) is 7.99. The summed E-state index contributed by atoms with van der Waals surface area (Å²) in [7, 11) is 0. The van der Waals surface area contributed by atoms with Gasteiger partial charge in [-0.1, -0.05) is 18.2 Å². The quantitative estimate of drug-likeness (QED) is 0.516. The Bertz CT molecular complexity index is 1290. The lowest BCUT2D eigenvalue weighted by Gasteiger charge is -2.20. The molecule has 2 aromatic carbocycles. The van der Waals surface area contributed by atoms with Crippen molar-refractivity contribution in [1.82, 2.24) is 4.57 Å². The molecule has 0 saturated heterocycles. The molecule has 0 aliphatic rings. The monoisotopic (exact) mass is 397 g/mol. The molecule has 0 bridgehead atoms. The molecule has 0 aliphatic heterocycles. The summed E-state index contributed by atoms with van der Waals surface area (Å²) in [5, 5.41) is 32.0. The first-order chi connectivity index (χ1) is 14.3. The summed E-state index contributed by atoms with van der Waals surface area (Å²) in [5.74, 6) is -0.338. The van der Waals surface area contributed by atoms with E-state index in [0.29, 0.717) is 5.69 Å².